The van der Waals surface area contributed by atoms with Gasteiger partial charge in [0.15, 0.2) is 0 Å². The van der Waals surface area contributed by atoms with E-state index in [-0.39, 0.29) is 24.2 Å². The maximum atomic E-state index is 11.7. The van der Waals surface area contributed by atoms with Crippen molar-refractivity contribution in [2.45, 2.75) is 31.9 Å². The SMILES string of the molecule is CC(NC(=O)COC1(C)CNC1)C1CCOC1. The van der Waals surface area contributed by atoms with Crippen molar-refractivity contribution in [3.63, 3.8) is 0 Å². The summed E-state index contributed by atoms with van der Waals surface area (Å²) in [5.74, 6) is 0.414. The van der Waals surface area contributed by atoms with Gasteiger partial charge in [0.05, 0.1) is 12.2 Å². The first-order valence-corrected chi connectivity index (χ1v) is 6.31. The molecule has 2 saturated heterocycles. The number of carbonyl (C=O) groups excluding carboxylic acids is 1. The van der Waals surface area contributed by atoms with Crippen molar-refractivity contribution in [3.8, 4) is 0 Å². The average Bonchev–Trinajstić information content (AvgIpc) is 2.77. The molecule has 2 N–H and O–H groups in total. The molecule has 5 nitrogen and oxygen atoms in total. The fourth-order valence-electron chi connectivity index (χ4n) is 2.18. The van der Waals surface area contributed by atoms with Gasteiger partial charge in [0.2, 0.25) is 5.91 Å². The zero-order valence-corrected chi connectivity index (χ0v) is 10.6. The number of ether oxygens (including phenoxy) is 2. The maximum absolute atomic E-state index is 11.7. The third kappa shape index (κ3) is 3.40. The highest BCUT2D eigenvalue weighted by Crippen LogP contribution is 2.17. The van der Waals surface area contributed by atoms with Gasteiger partial charge in [-0.25, -0.2) is 0 Å². The van der Waals surface area contributed by atoms with Crippen molar-refractivity contribution in [1.82, 2.24) is 10.6 Å². The molecule has 2 fully saturated rings. The van der Waals surface area contributed by atoms with Crippen LogP contribution in [-0.4, -0.2) is 50.5 Å². The van der Waals surface area contributed by atoms with Gasteiger partial charge >= 0.3 is 0 Å². The van der Waals surface area contributed by atoms with Gasteiger partial charge in [-0.05, 0) is 20.3 Å². The Bertz CT molecular complexity index is 273. The summed E-state index contributed by atoms with van der Waals surface area (Å²) in [5.41, 5.74) is -0.156. The van der Waals surface area contributed by atoms with Crippen LogP contribution in [0.5, 0.6) is 0 Å². The van der Waals surface area contributed by atoms with E-state index in [1.165, 1.54) is 0 Å². The van der Waals surface area contributed by atoms with Crippen molar-refractivity contribution < 1.29 is 14.3 Å². The lowest BCUT2D eigenvalue weighted by atomic mass is 10.00. The number of hydrogen-bond acceptors (Lipinski definition) is 4. The van der Waals surface area contributed by atoms with Crippen molar-refractivity contribution in [1.29, 1.82) is 0 Å². The Labute approximate surface area is 102 Å². The molecule has 2 unspecified atom stereocenters. The first-order valence-electron chi connectivity index (χ1n) is 6.31. The van der Waals surface area contributed by atoms with Crippen LogP contribution >= 0.6 is 0 Å². The first-order chi connectivity index (χ1) is 8.09. The largest absolute Gasteiger partial charge is 0.381 e. The molecule has 0 bridgehead atoms. The van der Waals surface area contributed by atoms with Crippen LogP contribution in [-0.2, 0) is 14.3 Å². The topological polar surface area (TPSA) is 59.6 Å². The summed E-state index contributed by atoms with van der Waals surface area (Å²) in [6, 6.07) is 0.168. The van der Waals surface area contributed by atoms with E-state index in [2.05, 4.69) is 10.6 Å². The molecule has 0 aliphatic carbocycles. The molecule has 17 heavy (non-hydrogen) atoms. The van der Waals surface area contributed by atoms with Crippen LogP contribution < -0.4 is 10.6 Å². The van der Waals surface area contributed by atoms with Gasteiger partial charge in [0, 0.05) is 31.7 Å². The fraction of sp³-hybridized carbons (Fsp3) is 0.917. The number of amides is 1. The van der Waals surface area contributed by atoms with E-state index in [1.807, 2.05) is 13.8 Å². The Morgan fingerprint density at radius 3 is 2.94 bits per heavy atom. The zero-order chi connectivity index (χ0) is 12.3. The van der Waals surface area contributed by atoms with Crippen LogP contribution in [0, 0.1) is 5.92 Å². The molecule has 0 aromatic carbocycles. The van der Waals surface area contributed by atoms with E-state index in [0.29, 0.717) is 5.92 Å². The number of hydrogen-bond donors (Lipinski definition) is 2. The zero-order valence-electron chi connectivity index (χ0n) is 10.6. The molecule has 2 rings (SSSR count). The second-order valence-electron chi connectivity index (χ2n) is 5.32. The van der Waals surface area contributed by atoms with Crippen molar-refractivity contribution in [2.75, 3.05) is 32.9 Å². The highest BCUT2D eigenvalue weighted by atomic mass is 16.5. The molecule has 2 atom stereocenters. The van der Waals surface area contributed by atoms with Gasteiger partial charge in [0.1, 0.15) is 6.61 Å². The normalized spacial score (nSPS) is 28.5. The summed E-state index contributed by atoms with van der Waals surface area (Å²) in [6.07, 6.45) is 1.03. The summed E-state index contributed by atoms with van der Waals surface area (Å²) >= 11 is 0. The summed E-state index contributed by atoms with van der Waals surface area (Å²) in [4.78, 5) is 11.7. The summed E-state index contributed by atoms with van der Waals surface area (Å²) < 4.78 is 10.9. The van der Waals surface area contributed by atoms with Crippen LogP contribution in [0.1, 0.15) is 20.3 Å². The summed E-state index contributed by atoms with van der Waals surface area (Å²) in [6.45, 7) is 7.42. The summed E-state index contributed by atoms with van der Waals surface area (Å²) in [7, 11) is 0. The van der Waals surface area contributed by atoms with Crippen molar-refractivity contribution in [3.05, 3.63) is 0 Å². The molecule has 0 aromatic rings. The van der Waals surface area contributed by atoms with E-state index in [1.54, 1.807) is 0 Å². The standard InChI is InChI=1S/C12H22N2O3/c1-9(10-3-4-16-5-10)14-11(15)6-17-12(2)7-13-8-12/h9-10,13H,3-8H2,1-2H3,(H,14,15). The minimum atomic E-state index is -0.156. The molecule has 0 spiro atoms. The van der Waals surface area contributed by atoms with E-state index in [0.717, 1.165) is 32.7 Å². The Morgan fingerprint density at radius 2 is 2.41 bits per heavy atom. The lowest BCUT2D eigenvalue weighted by Gasteiger charge is -2.38. The van der Waals surface area contributed by atoms with Crippen molar-refractivity contribution in [2.24, 2.45) is 5.92 Å². The van der Waals surface area contributed by atoms with Crippen LogP contribution in [0.15, 0.2) is 0 Å². The van der Waals surface area contributed by atoms with Crippen LogP contribution in [0.2, 0.25) is 0 Å². The Kier molecular flexibility index (Phi) is 4.01. The van der Waals surface area contributed by atoms with E-state index in [9.17, 15) is 4.79 Å². The van der Waals surface area contributed by atoms with Crippen molar-refractivity contribution >= 4 is 5.91 Å². The van der Waals surface area contributed by atoms with E-state index < -0.39 is 0 Å². The molecule has 0 aromatic heterocycles. The van der Waals surface area contributed by atoms with Gasteiger partial charge in [-0.15, -0.1) is 0 Å². The number of rotatable bonds is 5. The molecule has 2 aliphatic heterocycles. The molecule has 0 saturated carbocycles. The molecule has 1 amide bonds. The Balaban J connectivity index is 1.65. The highest BCUT2D eigenvalue weighted by Gasteiger charge is 2.33. The molecular formula is C12H22N2O3. The maximum Gasteiger partial charge on any atom is 0.246 e. The van der Waals surface area contributed by atoms with Gasteiger partial charge in [-0.3, -0.25) is 4.79 Å². The molecule has 98 valence electrons. The Morgan fingerprint density at radius 1 is 1.65 bits per heavy atom. The molecule has 2 heterocycles. The predicted octanol–water partition coefficient (Wildman–Crippen LogP) is -0.0939. The minimum absolute atomic E-state index is 0.0301. The van der Waals surface area contributed by atoms with Gasteiger partial charge < -0.3 is 20.1 Å². The average molecular weight is 242 g/mol. The van der Waals surface area contributed by atoms with Gasteiger partial charge in [0.25, 0.3) is 0 Å². The highest BCUT2D eigenvalue weighted by molar-refractivity contribution is 5.77. The Hall–Kier alpha value is -0.650. The van der Waals surface area contributed by atoms with Crippen LogP contribution in [0.3, 0.4) is 0 Å². The lowest BCUT2D eigenvalue weighted by molar-refractivity contribution is -0.136. The molecular weight excluding hydrogens is 220 g/mol. The van der Waals surface area contributed by atoms with Gasteiger partial charge in [-0.1, -0.05) is 0 Å². The monoisotopic (exact) mass is 242 g/mol. The smallest absolute Gasteiger partial charge is 0.246 e. The third-order valence-electron chi connectivity index (χ3n) is 3.61. The predicted molar refractivity (Wildman–Crippen MR) is 63.8 cm³/mol. The second kappa shape index (κ2) is 5.33. The van der Waals surface area contributed by atoms with Crippen LogP contribution in [0.25, 0.3) is 0 Å². The summed E-state index contributed by atoms with van der Waals surface area (Å²) in [5, 5.41) is 6.12. The minimum Gasteiger partial charge on any atom is -0.381 e. The molecule has 0 radical (unpaired) electrons. The van der Waals surface area contributed by atoms with E-state index in [4.69, 9.17) is 9.47 Å². The van der Waals surface area contributed by atoms with Crippen LogP contribution in [0.4, 0.5) is 0 Å². The third-order valence-corrected chi connectivity index (χ3v) is 3.61. The lowest BCUT2D eigenvalue weighted by Crippen LogP contribution is -2.59. The first kappa shape index (κ1) is 12.8. The second-order valence-corrected chi connectivity index (χ2v) is 5.32. The number of carbonyl (C=O) groups is 1. The van der Waals surface area contributed by atoms with E-state index >= 15 is 0 Å². The quantitative estimate of drug-likeness (QED) is 0.707. The molecule has 5 heteroatoms. The fourth-order valence-corrected chi connectivity index (χ4v) is 2.18. The van der Waals surface area contributed by atoms with Gasteiger partial charge in [-0.2, -0.15) is 0 Å². The number of nitrogens with one attached hydrogen (secondary N) is 2. The molecule has 2 aliphatic rings.